The van der Waals surface area contributed by atoms with E-state index in [-0.39, 0.29) is 15.5 Å². The average molecular weight is 390 g/mol. The van der Waals surface area contributed by atoms with Crippen LogP contribution in [0.3, 0.4) is 0 Å². The van der Waals surface area contributed by atoms with Crippen molar-refractivity contribution in [2.24, 2.45) is 0 Å². The molecule has 0 N–H and O–H groups in total. The molecule has 0 spiro atoms. The van der Waals surface area contributed by atoms with Crippen molar-refractivity contribution in [1.29, 1.82) is 0 Å². The summed E-state index contributed by atoms with van der Waals surface area (Å²) in [5.41, 5.74) is 1.09. The molecule has 20 heavy (non-hydrogen) atoms. The summed E-state index contributed by atoms with van der Waals surface area (Å²) in [6.45, 7) is 6.11. The molecule has 0 saturated heterocycles. The fourth-order valence-electron chi connectivity index (χ4n) is 1.81. The van der Waals surface area contributed by atoms with E-state index in [1.807, 2.05) is 32.9 Å². The molecular weight excluding hydrogens is 367 g/mol. The van der Waals surface area contributed by atoms with Gasteiger partial charge in [-0.05, 0) is 57.7 Å². The zero-order valence-corrected chi connectivity index (χ0v) is 14.8. The number of ether oxygens (including phenoxy) is 2. The van der Waals surface area contributed by atoms with E-state index in [4.69, 9.17) is 9.47 Å². The van der Waals surface area contributed by atoms with Crippen molar-refractivity contribution in [1.82, 2.24) is 0 Å². The summed E-state index contributed by atoms with van der Waals surface area (Å²) in [6, 6.07) is 8.17. The maximum absolute atomic E-state index is 11.3. The minimum atomic E-state index is -0.170. The quantitative estimate of drug-likeness (QED) is 0.416. The van der Waals surface area contributed by atoms with Crippen LogP contribution in [0.4, 0.5) is 0 Å². The SMILES string of the molecule is COC(=O)C(I)CCCc1ccc(OC(C)(C)C)cc1. The number of hydrogen-bond acceptors (Lipinski definition) is 3. The predicted octanol–water partition coefficient (Wildman–Crippen LogP) is 4.16. The number of benzene rings is 1. The Morgan fingerprint density at radius 2 is 1.85 bits per heavy atom. The van der Waals surface area contributed by atoms with Crippen LogP contribution in [-0.4, -0.2) is 22.6 Å². The van der Waals surface area contributed by atoms with Gasteiger partial charge in [-0.1, -0.05) is 34.7 Å². The van der Waals surface area contributed by atoms with Gasteiger partial charge >= 0.3 is 5.97 Å². The van der Waals surface area contributed by atoms with Crippen LogP contribution in [-0.2, 0) is 16.0 Å². The fraction of sp³-hybridized carbons (Fsp3) is 0.562. The molecule has 0 aliphatic rings. The van der Waals surface area contributed by atoms with Crippen LogP contribution in [0.15, 0.2) is 24.3 Å². The summed E-state index contributed by atoms with van der Waals surface area (Å²) in [4.78, 5) is 11.3. The van der Waals surface area contributed by atoms with Crippen molar-refractivity contribution in [2.75, 3.05) is 7.11 Å². The Balaban J connectivity index is 2.40. The molecule has 4 heteroatoms. The molecule has 1 rings (SSSR count). The molecule has 0 aliphatic heterocycles. The molecular formula is C16H23IO3. The van der Waals surface area contributed by atoms with Gasteiger partial charge < -0.3 is 9.47 Å². The second-order valence-corrected chi connectivity index (χ2v) is 7.24. The highest BCUT2D eigenvalue weighted by Crippen LogP contribution is 2.20. The van der Waals surface area contributed by atoms with Gasteiger partial charge in [0.05, 0.1) is 7.11 Å². The van der Waals surface area contributed by atoms with Crippen LogP contribution in [0.1, 0.15) is 39.2 Å². The summed E-state index contributed by atoms with van der Waals surface area (Å²) in [5.74, 6) is 0.752. The van der Waals surface area contributed by atoms with Crippen molar-refractivity contribution in [2.45, 2.75) is 49.6 Å². The summed E-state index contributed by atoms with van der Waals surface area (Å²) in [5, 5.41) is 0. The number of esters is 1. The molecule has 1 aromatic carbocycles. The largest absolute Gasteiger partial charge is 0.488 e. The third-order valence-corrected chi connectivity index (χ3v) is 3.86. The van der Waals surface area contributed by atoms with E-state index in [1.165, 1.54) is 12.7 Å². The molecule has 3 nitrogen and oxygen atoms in total. The van der Waals surface area contributed by atoms with Crippen LogP contribution in [0.25, 0.3) is 0 Å². The minimum Gasteiger partial charge on any atom is -0.488 e. The molecule has 0 radical (unpaired) electrons. The first-order chi connectivity index (χ1) is 9.31. The lowest BCUT2D eigenvalue weighted by Gasteiger charge is -2.21. The van der Waals surface area contributed by atoms with Crippen LogP contribution >= 0.6 is 22.6 Å². The molecule has 0 aromatic heterocycles. The van der Waals surface area contributed by atoms with Gasteiger partial charge in [0.1, 0.15) is 15.3 Å². The number of rotatable bonds is 6. The van der Waals surface area contributed by atoms with E-state index < -0.39 is 0 Å². The van der Waals surface area contributed by atoms with E-state index >= 15 is 0 Å². The summed E-state index contributed by atoms with van der Waals surface area (Å²) in [6.07, 6.45) is 2.78. The first kappa shape index (κ1) is 17.3. The number of aryl methyl sites for hydroxylation is 1. The number of carbonyl (C=O) groups excluding carboxylic acids is 1. The predicted molar refractivity (Wildman–Crippen MR) is 89.6 cm³/mol. The highest BCUT2D eigenvalue weighted by Gasteiger charge is 2.14. The van der Waals surface area contributed by atoms with Gasteiger partial charge in [0.15, 0.2) is 0 Å². The van der Waals surface area contributed by atoms with E-state index in [2.05, 4.69) is 34.7 Å². The van der Waals surface area contributed by atoms with Gasteiger partial charge in [-0.25, -0.2) is 0 Å². The van der Waals surface area contributed by atoms with Crippen LogP contribution in [0, 0.1) is 0 Å². The lowest BCUT2D eigenvalue weighted by Crippen LogP contribution is -2.22. The first-order valence-electron chi connectivity index (χ1n) is 6.81. The van der Waals surface area contributed by atoms with Gasteiger partial charge in [-0.15, -0.1) is 0 Å². The molecule has 0 saturated carbocycles. The second-order valence-electron chi connectivity index (χ2n) is 5.74. The highest BCUT2D eigenvalue weighted by atomic mass is 127. The molecule has 0 amide bonds. The van der Waals surface area contributed by atoms with Crippen molar-refractivity contribution in [3.63, 3.8) is 0 Å². The van der Waals surface area contributed by atoms with Gasteiger partial charge in [0.25, 0.3) is 0 Å². The summed E-state index contributed by atoms with van der Waals surface area (Å²) in [7, 11) is 1.43. The topological polar surface area (TPSA) is 35.5 Å². The van der Waals surface area contributed by atoms with Crippen molar-refractivity contribution < 1.29 is 14.3 Å². The van der Waals surface area contributed by atoms with Crippen LogP contribution in [0.2, 0.25) is 0 Å². The highest BCUT2D eigenvalue weighted by molar-refractivity contribution is 14.1. The Morgan fingerprint density at radius 3 is 2.35 bits per heavy atom. The number of alkyl halides is 1. The molecule has 0 heterocycles. The van der Waals surface area contributed by atoms with Crippen LogP contribution < -0.4 is 4.74 Å². The lowest BCUT2D eigenvalue weighted by atomic mass is 10.1. The molecule has 1 unspecified atom stereocenters. The maximum Gasteiger partial charge on any atom is 0.318 e. The Morgan fingerprint density at radius 1 is 1.25 bits per heavy atom. The standard InChI is InChI=1S/C16H23IO3/c1-16(2,3)20-13-10-8-12(9-11-13)6-5-7-14(17)15(18)19-4/h8-11,14H,5-7H2,1-4H3. The third kappa shape index (κ3) is 6.59. The number of halogens is 1. The monoisotopic (exact) mass is 390 g/mol. The van der Waals surface area contributed by atoms with Gasteiger partial charge in [-0.3, -0.25) is 4.79 Å². The number of carbonyl (C=O) groups is 1. The first-order valence-corrected chi connectivity index (χ1v) is 8.06. The zero-order chi connectivity index (χ0) is 15.2. The smallest absolute Gasteiger partial charge is 0.318 e. The van der Waals surface area contributed by atoms with Crippen molar-refractivity contribution >= 4 is 28.6 Å². The molecule has 112 valence electrons. The number of hydrogen-bond donors (Lipinski definition) is 0. The third-order valence-electron chi connectivity index (χ3n) is 2.73. The average Bonchev–Trinajstić information content (AvgIpc) is 2.38. The van der Waals surface area contributed by atoms with E-state index in [1.54, 1.807) is 0 Å². The molecule has 1 atom stereocenters. The Kier molecular flexibility index (Phi) is 6.79. The normalized spacial score (nSPS) is 12.8. The van der Waals surface area contributed by atoms with Gasteiger partial charge in [-0.2, -0.15) is 0 Å². The number of methoxy groups -OCH3 is 1. The second kappa shape index (κ2) is 7.86. The molecule has 1 aromatic rings. The lowest BCUT2D eigenvalue weighted by molar-refractivity contribution is -0.139. The molecule has 0 aliphatic carbocycles. The summed E-state index contributed by atoms with van der Waals surface area (Å²) >= 11 is 2.14. The van der Waals surface area contributed by atoms with Crippen molar-refractivity contribution in [3.8, 4) is 5.75 Å². The van der Waals surface area contributed by atoms with E-state index in [0.29, 0.717) is 0 Å². The van der Waals surface area contributed by atoms with E-state index in [9.17, 15) is 4.79 Å². The summed E-state index contributed by atoms with van der Waals surface area (Å²) < 4.78 is 10.4. The minimum absolute atomic E-state index is 0.0545. The van der Waals surface area contributed by atoms with E-state index in [0.717, 1.165) is 25.0 Å². The zero-order valence-electron chi connectivity index (χ0n) is 12.6. The van der Waals surface area contributed by atoms with Gasteiger partial charge in [0.2, 0.25) is 0 Å². The van der Waals surface area contributed by atoms with Crippen LogP contribution in [0.5, 0.6) is 5.75 Å². The van der Waals surface area contributed by atoms with Crippen molar-refractivity contribution in [3.05, 3.63) is 29.8 Å². The Bertz CT molecular complexity index is 420. The Labute approximate surface area is 135 Å². The fourth-order valence-corrected chi connectivity index (χ4v) is 2.50. The maximum atomic E-state index is 11.3. The molecule has 0 bridgehead atoms. The van der Waals surface area contributed by atoms with Gasteiger partial charge in [0, 0.05) is 0 Å². The molecule has 0 fully saturated rings. The Hall–Kier alpha value is -0.780.